The molecule has 0 heterocycles. The standard InChI is InChI=1S/C8H16N2O2/c1-2-12-4-3-8(11)10-7-5-6(7)9/h6-7H,2-5,9H2,1H3,(H,10,11). The molecule has 4 nitrogen and oxygen atoms in total. The summed E-state index contributed by atoms with van der Waals surface area (Å²) >= 11 is 0. The van der Waals surface area contributed by atoms with E-state index in [1.165, 1.54) is 0 Å². The van der Waals surface area contributed by atoms with Crippen LogP contribution in [-0.4, -0.2) is 31.2 Å². The van der Waals surface area contributed by atoms with Crippen molar-refractivity contribution in [3.05, 3.63) is 0 Å². The molecule has 0 radical (unpaired) electrons. The minimum atomic E-state index is 0.0430. The molecule has 1 rings (SSSR count). The summed E-state index contributed by atoms with van der Waals surface area (Å²) in [6.45, 7) is 3.08. The molecule has 0 aromatic rings. The van der Waals surface area contributed by atoms with E-state index in [4.69, 9.17) is 10.5 Å². The van der Waals surface area contributed by atoms with Crippen molar-refractivity contribution in [1.29, 1.82) is 0 Å². The first-order chi connectivity index (χ1) is 5.74. The first-order valence-corrected chi connectivity index (χ1v) is 4.36. The van der Waals surface area contributed by atoms with Crippen LogP contribution in [0.2, 0.25) is 0 Å². The summed E-state index contributed by atoms with van der Waals surface area (Å²) in [5, 5.41) is 2.82. The fraction of sp³-hybridized carbons (Fsp3) is 0.875. The molecule has 1 saturated carbocycles. The number of hydrogen-bond acceptors (Lipinski definition) is 3. The fourth-order valence-electron chi connectivity index (χ4n) is 0.969. The number of nitrogens with two attached hydrogens (primary N) is 1. The molecule has 1 aliphatic rings. The molecule has 1 fully saturated rings. The minimum Gasteiger partial charge on any atom is -0.381 e. The van der Waals surface area contributed by atoms with Crippen molar-refractivity contribution >= 4 is 5.91 Å². The van der Waals surface area contributed by atoms with Gasteiger partial charge < -0.3 is 15.8 Å². The Balaban J connectivity index is 1.97. The van der Waals surface area contributed by atoms with E-state index in [1.54, 1.807) is 0 Å². The Hall–Kier alpha value is -0.610. The number of ether oxygens (including phenoxy) is 1. The molecule has 12 heavy (non-hydrogen) atoms. The van der Waals surface area contributed by atoms with Gasteiger partial charge in [-0.25, -0.2) is 0 Å². The van der Waals surface area contributed by atoms with Gasteiger partial charge in [-0.15, -0.1) is 0 Å². The van der Waals surface area contributed by atoms with Gasteiger partial charge in [0.15, 0.2) is 0 Å². The van der Waals surface area contributed by atoms with Gasteiger partial charge in [-0.2, -0.15) is 0 Å². The zero-order valence-electron chi connectivity index (χ0n) is 7.38. The second-order valence-corrected chi connectivity index (χ2v) is 3.02. The molecule has 2 atom stereocenters. The quantitative estimate of drug-likeness (QED) is 0.556. The highest BCUT2D eigenvalue weighted by atomic mass is 16.5. The number of nitrogens with one attached hydrogen (secondary N) is 1. The molecule has 0 saturated heterocycles. The topological polar surface area (TPSA) is 64.3 Å². The maximum absolute atomic E-state index is 11.1. The normalized spacial score (nSPS) is 26.8. The summed E-state index contributed by atoms with van der Waals surface area (Å²) < 4.78 is 5.04. The van der Waals surface area contributed by atoms with Crippen molar-refractivity contribution in [3.63, 3.8) is 0 Å². The van der Waals surface area contributed by atoms with Crippen LogP contribution in [0.3, 0.4) is 0 Å². The molecule has 0 aliphatic heterocycles. The summed E-state index contributed by atoms with van der Waals surface area (Å²) in [6.07, 6.45) is 1.36. The highest BCUT2D eigenvalue weighted by Gasteiger charge is 2.34. The van der Waals surface area contributed by atoms with Gasteiger partial charge in [0.1, 0.15) is 0 Å². The number of hydrogen-bond donors (Lipinski definition) is 2. The van der Waals surface area contributed by atoms with Crippen molar-refractivity contribution < 1.29 is 9.53 Å². The largest absolute Gasteiger partial charge is 0.381 e. The van der Waals surface area contributed by atoms with Crippen LogP contribution in [0.15, 0.2) is 0 Å². The van der Waals surface area contributed by atoms with E-state index in [1.807, 2.05) is 6.92 Å². The van der Waals surface area contributed by atoms with Gasteiger partial charge in [0, 0.05) is 25.1 Å². The molecule has 2 unspecified atom stereocenters. The van der Waals surface area contributed by atoms with E-state index in [9.17, 15) is 4.79 Å². The summed E-state index contributed by atoms with van der Waals surface area (Å²) in [6, 6.07) is 0.403. The molecule has 3 N–H and O–H groups in total. The van der Waals surface area contributed by atoms with E-state index in [0.29, 0.717) is 19.6 Å². The first-order valence-electron chi connectivity index (χ1n) is 4.36. The van der Waals surface area contributed by atoms with Gasteiger partial charge in [0.25, 0.3) is 0 Å². The Labute approximate surface area is 72.5 Å². The lowest BCUT2D eigenvalue weighted by Crippen LogP contribution is -2.30. The highest BCUT2D eigenvalue weighted by molar-refractivity contribution is 5.76. The Bertz CT molecular complexity index is 161. The summed E-state index contributed by atoms with van der Waals surface area (Å²) in [4.78, 5) is 11.1. The molecule has 0 aromatic carbocycles. The van der Waals surface area contributed by atoms with Crippen LogP contribution in [0.5, 0.6) is 0 Å². The van der Waals surface area contributed by atoms with Gasteiger partial charge >= 0.3 is 0 Å². The predicted molar refractivity (Wildman–Crippen MR) is 45.6 cm³/mol. The van der Waals surface area contributed by atoms with E-state index in [-0.39, 0.29) is 18.0 Å². The minimum absolute atomic E-state index is 0.0430. The lowest BCUT2D eigenvalue weighted by atomic mass is 10.4. The number of rotatable bonds is 5. The molecule has 4 heteroatoms. The maximum Gasteiger partial charge on any atom is 0.222 e. The summed E-state index contributed by atoms with van der Waals surface area (Å²) in [7, 11) is 0. The summed E-state index contributed by atoms with van der Waals surface area (Å²) in [5.74, 6) is 0.0430. The molecule has 1 aliphatic carbocycles. The Morgan fingerprint density at radius 3 is 2.92 bits per heavy atom. The van der Waals surface area contributed by atoms with Crippen molar-refractivity contribution in [2.75, 3.05) is 13.2 Å². The highest BCUT2D eigenvalue weighted by Crippen LogP contribution is 2.17. The number of carbonyl (C=O) groups excluding carboxylic acids is 1. The van der Waals surface area contributed by atoms with E-state index >= 15 is 0 Å². The lowest BCUT2D eigenvalue weighted by molar-refractivity contribution is -0.122. The third kappa shape index (κ3) is 3.19. The van der Waals surface area contributed by atoms with E-state index < -0.39 is 0 Å². The molecule has 70 valence electrons. The van der Waals surface area contributed by atoms with Crippen LogP contribution in [0.1, 0.15) is 19.8 Å². The van der Waals surface area contributed by atoms with Crippen molar-refractivity contribution in [1.82, 2.24) is 5.32 Å². The zero-order chi connectivity index (χ0) is 8.97. The van der Waals surface area contributed by atoms with Crippen LogP contribution < -0.4 is 11.1 Å². The predicted octanol–water partition coefficient (Wildman–Crippen LogP) is -0.371. The molecular formula is C8H16N2O2. The van der Waals surface area contributed by atoms with Crippen LogP contribution >= 0.6 is 0 Å². The third-order valence-corrected chi connectivity index (χ3v) is 1.86. The lowest BCUT2D eigenvalue weighted by Gasteiger charge is -2.02. The first kappa shape index (κ1) is 9.48. The molecular weight excluding hydrogens is 156 g/mol. The van der Waals surface area contributed by atoms with Gasteiger partial charge in [-0.1, -0.05) is 0 Å². The fourth-order valence-corrected chi connectivity index (χ4v) is 0.969. The Morgan fingerprint density at radius 1 is 1.75 bits per heavy atom. The third-order valence-electron chi connectivity index (χ3n) is 1.86. The van der Waals surface area contributed by atoms with Gasteiger partial charge in [-0.05, 0) is 13.3 Å². The monoisotopic (exact) mass is 172 g/mol. The molecule has 0 spiro atoms. The Morgan fingerprint density at radius 2 is 2.42 bits per heavy atom. The van der Waals surface area contributed by atoms with Gasteiger partial charge in [0.05, 0.1) is 6.61 Å². The van der Waals surface area contributed by atoms with Gasteiger partial charge in [0.2, 0.25) is 5.91 Å². The maximum atomic E-state index is 11.1. The average molecular weight is 172 g/mol. The zero-order valence-corrected chi connectivity index (χ0v) is 7.38. The molecule has 0 aromatic heterocycles. The van der Waals surface area contributed by atoms with Gasteiger partial charge in [-0.3, -0.25) is 4.79 Å². The van der Waals surface area contributed by atoms with Crippen molar-refractivity contribution in [2.24, 2.45) is 5.73 Å². The number of carbonyl (C=O) groups is 1. The summed E-state index contributed by atoms with van der Waals surface area (Å²) in [5.41, 5.74) is 5.52. The average Bonchev–Trinajstić information content (AvgIpc) is 2.67. The van der Waals surface area contributed by atoms with Crippen LogP contribution in [-0.2, 0) is 9.53 Å². The second kappa shape index (κ2) is 4.42. The van der Waals surface area contributed by atoms with Crippen LogP contribution in [0.25, 0.3) is 0 Å². The van der Waals surface area contributed by atoms with E-state index in [2.05, 4.69) is 5.32 Å². The van der Waals surface area contributed by atoms with Crippen LogP contribution in [0, 0.1) is 0 Å². The SMILES string of the molecule is CCOCCC(=O)NC1CC1N. The Kier molecular flexibility index (Phi) is 3.49. The van der Waals surface area contributed by atoms with Crippen molar-refractivity contribution in [3.8, 4) is 0 Å². The molecule has 1 amide bonds. The van der Waals surface area contributed by atoms with E-state index in [0.717, 1.165) is 6.42 Å². The second-order valence-electron chi connectivity index (χ2n) is 3.02. The van der Waals surface area contributed by atoms with Crippen molar-refractivity contribution in [2.45, 2.75) is 31.8 Å². The number of amides is 1. The molecule has 0 bridgehead atoms. The smallest absolute Gasteiger partial charge is 0.222 e. The van der Waals surface area contributed by atoms with Crippen LogP contribution in [0.4, 0.5) is 0 Å².